The Morgan fingerprint density at radius 3 is 2.74 bits per heavy atom. The van der Waals surface area contributed by atoms with Gasteiger partial charge >= 0.3 is 0 Å². The average Bonchev–Trinajstić information content (AvgIpc) is 3.20. The average molecular weight is 368 g/mol. The Morgan fingerprint density at radius 1 is 1.22 bits per heavy atom. The molecular formula is C21H21FN2O3. The largest absolute Gasteiger partial charge is 0.492 e. The summed E-state index contributed by atoms with van der Waals surface area (Å²) in [5.74, 6) is -0.668. The Morgan fingerprint density at radius 2 is 1.96 bits per heavy atom. The van der Waals surface area contributed by atoms with Gasteiger partial charge in [-0.3, -0.25) is 9.59 Å². The van der Waals surface area contributed by atoms with Crippen LogP contribution in [0, 0.1) is 19.7 Å². The van der Waals surface area contributed by atoms with Crippen molar-refractivity contribution in [2.45, 2.75) is 32.2 Å². The van der Waals surface area contributed by atoms with Gasteiger partial charge in [-0.2, -0.15) is 0 Å². The summed E-state index contributed by atoms with van der Waals surface area (Å²) in [5.41, 5.74) is 3.31. The van der Waals surface area contributed by atoms with E-state index in [-0.39, 0.29) is 24.1 Å². The lowest BCUT2D eigenvalue weighted by Crippen LogP contribution is -2.43. The van der Waals surface area contributed by atoms with Crippen LogP contribution in [0.25, 0.3) is 0 Å². The molecule has 1 saturated heterocycles. The van der Waals surface area contributed by atoms with Crippen LogP contribution in [-0.2, 0) is 9.59 Å². The number of amides is 2. The monoisotopic (exact) mass is 368 g/mol. The molecule has 2 amide bonds. The number of nitrogens with one attached hydrogen (secondary N) is 1. The number of rotatable bonds is 3. The zero-order valence-electron chi connectivity index (χ0n) is 15.3. The number of hydrogen-bond acceptors (Lipinski definition) is 3. The fourth-order valence-corrected chi connectivity index (χ4v) is 3.69. The molecule has 2 aliphatic rings. The summed E-state index contributed by atoms with van der Waals surface area (Å²) in [6.07, 6.45) is 0.451. The standard InChI is InChI=1S/C21H21FN2O3/c1-12-9-14-15(11-27-19(14)10-13(12)2)20(25)23-17-7-8-24(21(17)26)18-6-4-3-5-16(18)22/h3-6,9-10,15,17H,7-8,11H2,1-2H3,(H,23,25). The molecule has 1 fully saturated rings. The van der Waals surface area contributed by atoms with Crippen LogP contribution in [0.15, 0.2) is 36.4 Å². The molecule has 2 aromatic rings. The Bertz CT molecular complexity index is 928. The van der Waals surface area contributed by atoms with Crippen LogP contribution >= 0.6 is 0 Å². The number of halogens is 1. The van der Waals surface area contributed by atoms with Crippen molar-refractivity contribution < 1.29 is 18.7 Å². The van der Waals surface area contributed by atoms with Gasteiger partial charge in [0, 0.05) is 12.1 Å². The van der Waals surface area contributed by atoms with E-state index >= 15 is 0 Å². The third-order valence-corrected chi connectivity index (χ3v) is 5.39. The van der Waals surface area contributed by atoms with Crippen molar-refractivity contribution in [2.24, 2.45) is 0 Å². The first-order valence-electron chi connectivity index (χ1n) is 9.06. The van der Waals surface area contributed by atoms with Crippen molar-refractivity contribution in [3.05, 3.63) is 58.9 Å². The zero-order chi connectivity index (χ0) is 19.1. The van der Waals surface area contributed by atoms with E-state index in [4.69, 9.17) is 4.74 Å². The summed E-state index contributed by atoms with van der Waals surface area (Å²) in [5, 5.41) is 2.83. The Balaban J connectivity index is 1.48. The molecule has 0 aromatic heterocycles. The maximum absolute atomic E-state index is 14.0. The molecule has 5 nitrogen and oxygen atoms in total. The molecule has 4 rings (SSSR count). The van der Waals surface area contributed by atoms with Crippen LogP contribution < -0.4 is 15.0 Å². The fraction of sp³-hybridized carbons (Fsp3) is 0.333. The Hall–Kier alpha value is -2.89. The quantitative estimate of drug-likeness (QED) is 0.906. The highest BCUT2D eigenvalue weighted by Crippen LogP contribution is 2.36. The lowest BCUT2D eigenvalue weighted by Gasteiger charge is -2.18. The third-order valence-electron chi connectivity index (χ3n) is 5.39. The minimum absolute atomic E-state index is 0.231. The molecule has 0 bridgehead atoms. The van der Waals surface area contributed by atoms with Gasteiger partial charge in [-0.1, -0.05) is 18.2 Å². The molecule has 0 saturated carbocycles. The van der Waals surface area contributed by atoms with Crippen molar-refractivity contribution in [1.82, 2.24) is 5.32 Å². The minimum atomic E-state index is -0.646. The molecule has 2 heterocycles. The Kier molecular flexibility index (Phi) is 4.34. The third kappa shape index (κ3) is 3.05. The van der Waals surface area contributed by atoms with Crippen LogP contribution in [-0.4, -0.2) is 31.0 Å². The fourth-order valence-electron chi connectivity index (χ4n) is 3.69. The number of aryl methyl sites for hydroxylation is 2. The number of ether oxygens (including phenoxy) is 1. The number of nitrogens with zero attached hydrogens (tertiary/aromatic N) is 1. The van der Waals surface area contributed by atoms with Crippen LogP contribution in [0.3, 0.4) is 0 Å². The van der Waals surface area contributed by atoms with E-state index in [0.717, 1.165) is 22.4 Å². The molecule has 2 unspecified atom stereocenters. The molecule has 27 heavy (non-hydrogen) atoms. The molecule has 140 valence electrons. The molecule has 2 atom stereocenters. The molecule has 1 N–H and O–H groups in total. The summed E-state index contributed by atoms with van der Waals surface area (Å²) in [6.45, 7) is 4.64. The van der Waals surface area contributed by atoms with Gasteiger partial charge < -0.3 is 15.0 Å². The van der Waals surface area contributed by atoms with Crippen LogP contribution in [0.1, 0.15) is 29.0 Å². The maximum atomic E-state index is 14.0. The number of anilines is 1. The summed E-state index contributed by atoms with van der Waals surface area (Å²) in [7, 11) is 0. The first-order valence-corrected chi connectivity index (χ1v) is 9.06. The molecular weight excluding hydrogens is 347 g/mol. The molecule has 0 spiro atoms. The van der Waals surface area contributed by atoms with Gasteiger partial charge in [-0.25, -0.2) is 4.39 Å². The van der Waals surface area contributed by atoms with Gasteiger partial charge in [-0.15, -0.1) is 0 Å². The van der Waals surface area contributed by atoms with E-state index in [1.165, 1.54) is 11.0 Å². The summed E-state index contributed by atoms with van der Waals surface area (Å²) < 4.78 is 19.6. The molecule has 2 aliphatic heterocycles. The van der Waals surface area contributed by atoms with Gasteiger partial charge in [0.05, 0.1) is 5.69 Å². The van der Waals surface area contributed by atoms with E-state index in [1.54, 1.807) is 18.2 Å². The molecule has 2 aromatic carbocycles. The van der Waals surface area contributed by atoms with E-state index in [9.17, 15) is 14.0 Å². The summed E-state index contributed by atoms with van der Waals surface area (Å²) in [4.78, 5) is 26.8. The first-order chi connectivity index (χ1) is 13.0. The lowest BCUT2D eigenvalue weighted by atomic mass is 9.96. The van der Waals surface area contributed by atoms with Gasteiger partial charge in [0.1, 0.15) is 30.1 Å². The number of carbonyl (C=O) groups excluding carboxylic acids is 2. The highest BCUT2D eigenvalue weighted by atomic mass is 19.1. The van der Waals surface area contributed by atoms with Gasteiger partial charge in [-0.05, 0) is 49.6 Å². The van der Waals surface area contributed by atoms with Gasteiger partial charge in [0.2, 0.25) is 11.8 Å². The van der Waals surface area contributed by atoms with Crippen molar-refractivity contribution in [3.63, 3.8) is 0 Å². The smallest absolute Gasteiger partial charge is 0.249 e. The van der Waals surface area contributed by atoms with E-state index in [2.05, 4.69) is 5.32 Å². The number of hydrogen-bond donors (Lipinski definition) is 1. The number of benzene rings is 2. The van der Waals surface area contributed by atoms with Gasteiger partial charge in [0.15, 0.2) is 0 Å². The van der Waals surface area contributed by atoms with E-state index < -0.39 is 17.8 Å². The van der Waals surface area contributed by atoms with Crippen LogP contribution in [0.5, 0.6) is 5.75 Å². The highest BCUT2D eigenvalue weighted by molar-refractivity contribution is 6.02. The van der Waals surface area contributed by atoms with Crippen molar-refractivity contribution in [2.75, 3.05) is 18.1 Å². The van der Waals surface area contributed by atoms with Gasteiger partial charge in [0.25, 0.3) is 0 Å². The van der Waals surface area contributed by atoms with E-state index in [1.807, 2.05) is 26.0 Å². The zero-order valence-corrected chi connectivity index (χ0v) is 15.3. The summed E-state index contributed by atoms with van der Waals surface area (Å²) >= 11 is 0. The molecule has 0 aliphatic carbocycles. The second kappa shape index (κ2) is 6.68. The second-order valence-corrected chi connectivity index (χ2v) is 7.13. The first kappa shape index (κ1) is 17.5. The van der Waals surface area contributed by atoms with Crippen molar-refractivity contribution >= 4 is 17.5 Å². The maximum Gasteiger partial charge on any atom is 0.249 e. The number of fused-ring (bicyclic) bond motifs is 1. The van der Waals surface area contributed by atoms with Crippen LogP contribution in [0.4, 0.5) is 10.1 Å². The number of para-hydroxylation sites is 1. The van der Waals surface area contributed by atoms with Crippen molar-refractivity contribution in [1.29, 1.82) is 0 Å². The number of carbonyl (C=O) groups is 2. The normalized spacial score (nSPS) is 21.1. The predicted molar refractivity (Wildman–Crippen MR) is 99.5 cm³/mol. The van der Waals surface area contributed by atoms with Crippen LogP contribution in [0.2, 0.25) is 0 Å². The van der Waals surface area contributed by atoms with E-state index in [0.29, 0.717) is 13.0 Å². The molecule has 0 radical (unpaired) electrons. The topological polar surface area (TPSA) is 58.6 Å². The Labute approximate surface area is 157 Å². The minimum Gasteiger partial charge on any atom is -0.492 e. The predicted octanol–water partition coefficient (Wildman–Crippen LogP) is 2.84. The lowest BCUT2D eigenvalue weighted by molar-refractivity contribution is -0.127. The highest BCUT2D eigenvalue weighted by Gasteiger charge is 2.38. The van der Waals surface area contributed by atoms with Crippen molar-refractivity contribution in [3.8, 4) is 5.75 Å². The SMILES string of the molecule is Cc1cc2c(cc1C)C(C(=O)NC1CCN(c3ccccc3F)C1=O)CO2. The molecule has 6 heteroatoms. The second-order valence-electron chi connectivity index (χ2n) is 7.13. The summed E-state index contributed by atoms with van der Waals surface area (Å²) in [6, 6.07) is 9.44.